The number of benzene rings is 1. The van der Waals surface area contributed by atoms with Crippen molar-refractivity contribution < 1.29 is 19.4 Å². The van der Waals surface area contributed by atoms with E-state index in [9.17, 15) is 9.90 Å². The molecule has 1 aromatic carbocycles. The zero-order valence-electron chi connectivity index (χ0n) is 10.0. The van der Waals surface area contributed by atoms with E-state index in [-0.39, 0.29) is 0 Å². The number of carboxylic acid groups (broad SMARTS) is 1. The molecular formula is C13H16O4. The maximum atomic E-state index is 11.2. The third kappa shape index (κ3) is 2.07. The summed E-state index contributed by atoms with van der Waals surface area (Å²) >= 11 is 0. The van der Waals surface area contributed by atoms with Gasteiger partial charge in [-0.25, -0.2) is 0 Å². The van der Waals surface area contributed by atoms with E-state index >= 15 is 0 Å². The SMILES string of the molecule is COc1cc2c(cc1OC)C(C(=O)O)CCC2. The zero-order chi connectivity index (χ0) is 12.4. The van der Waals surface area contributed by atoms with E-state index in [1.54, 1.807) is 20.3 Å². The highest BCUT2D eigenvalue weighted by atomic mass is 16.5. The summed E-state index contributed by atoms with van der Waals surface area (Å²) in [6.07, 6.45) is 2.50. The lowest BCUT2D eigenvalue weighted by atomic mass is 9.82. The van der Waals surface area contributed by atoms with E-state index in [4.69, 9.17) is 9.47 Å². The third-order valence-electron chi connectivity index (χ3n) is 3.26. The van der Waals surface area contributed by atoms with Gasteiger partial charge in [0.2, 0.25) is 0 Å². The lowest BCUT2D eigenvalue weighted by molar-refractivity contribution is -0.139. The number of carboxylic acids is 1. The Kier molecular flexibility index (Phi) is 3.22. The molecule has 4 heteroatoms. The topological polar surface area (TPSA) is 55.8 Å². The minimum Gasteiger partial charge on any atom is -0.493 e. The number of methoxy groups -OCH3 is 2. The Labute approximate surface area is 100 Å². The molecule has 1 aliphatic rings. The van der Waals surface area contributed by atoms with Crippen molar-refractivity contribution in [3.63, 3.8) is 0 Å². The van der Waals surface area contributed by atoms with Crippen LogP contribution in [0, 0.1) is 0 Å². The standard InChI is InChI=1S/C13H16O4/c1-16-11-6-8-4-3-5-9(13(14)15)10(8)7-12(11)17-2/h6-7,9H,3-5H2,1-2H3,(H,14,15). The van der Waals surface area contributed by atoms with E-state index < -0.39 is 11.9 Å². The van der Waals surface area contributed by atoms with Gasteiger partial charge in [0, 0.05) is 0 Å². The molecule has 2 rings (SSSR count). The predicted octanol–water partition coefficient (Wildman–Crippen LogP) is 2.21. The minimum atomic E-state index is -0.766. The first kappa shape index (κ1) is 11.8. The summed E-state index contributed by atoms with van der Waals surface area (Å²) in [6.45, 7) is 0. The van der Waals surface area contributed by atoms with Gasteiger partial charge in [0.25, 0.3) is 0 Å². The average molecular weight is 236 g/mol. The van der Waals surface area contributed by atoms with Crippen molar-refractivity contribution in [2.75, 3.05) is 14.2 Å². The fourth-order valence-corrected chi connectivity index (χ4v) is 2.39. The molecule has 1 aliphatic carbocycles. The van der Waals surface area contributed by atoms with E-state index in [0.717, 1.165) is 24.0 Å². The van der Waals surface area contributed by atoms with Gasteiger partial charge in [-0.05, 0) is 42.5 Å². The van der Waals surface area contributed by atoms with Crippen molar-refractivity contribution in [1.82, 2.24) is 0 Å². The second kappa shape index (κ2) is 4.65. The number of hydrogen-bond donors (Lipinski definition) is 1. The summed E-state index contributed by atoms with van der Waals surface area (Å²) in [4.78, 5) is 11.2. The predicted molar refractivity (Wildman–Crippen MR) is 62.9 cm³/mol. The van der Waals surface area contributed by atoms with E-state index in [0.29, 0.717) is 17.9 Å². The third-order valence-corrected chi connectivity index (χ3v) is 3.26. The molecule has 0 spiro atoms. The summed E-state index contributed by atoms with van der Waals surface area (Å²) in [7, 11) is 3.14. The van der Waals surface area contributed by atoms with E-state index in [1.807, 2.05) is 6.07 Å². The molecule has 92 valence electrons. The summed E-state index contributed by atoms with van der Waals surface area (Å²) < 4.78 is 10.4. The van der Waals surface area contributed by atoms with Crippen molar-refractivity contribution in [3.8, 4) is 11.5 Å². The van der Waals surface area contributed by atoms with Crippen molar-refractivity contribution in [2.45, 2.75) is 25.2 Å². The molecule has 0 fully saturated rings. The van der Waals surface area contributed by atoms with Gasteiger partial charge in [0.15, 0.2) is 11.5 Å². The first-order valence-corrected chi connectivity index (χ1v) is 5.65. The average Bonchev–Trinajstić information content (AvgIpc) is 2.35. The van der Waals surface area contributed by atoms with Crippen LogP contribution in [0.25, 0.3) is 0 Å². The van der Waals surface area contributed by atoms with Gasteiger partial charge in [-0.1, -0.05) is 0 Å². The first-order chi connectivity index (χ1) is 8.17. The second-order valence-electron chi connectivity index (χ2n) is 4.19. The molecule has 0 saturated carbocycles. The van der Waals surface area contributed by atoms with Gasteiger partial charge in [-0.3, -0.25) is 4.79 Å². The van der Waals surface area contributed by atoms with Crippen molar-refractivity contribution >= 4 is 5.97 Å². The van der Waals surface area contributed by atoms with Gasteiger partial charge in [-0.15, -0.1) is 0 Å². The largest absolute Gasteiger partial charge is 0.493 e. The molecular weight excluding hydrogens is 220 g/mol. The van der Waals surface area contributed by atoms with Gasteiger partial charge in [-0.2, -0.15) is 0 Å². The maximum Gasteiger partial charge on any atom is 0.310 e. The van der Waals surface area contributed by atoms with Gasteiger partial charge < -0.3 is 14.6 Å². The Balaban J connectivity index is 2.50. The summed E-state index contributed by atoms with van der Waals surface area (Å²) in [5.41, 5.74) is 1.92. The molecule has 0 saturated heterocycles. The Morgan fingerprint density at radius 3 is 2.53 bits per heavy atom. The molecule has 0 heterocycles. The van der Waals surface area contributed by atoms with Crippen LogP contribution in [0.3, 0.4) is 0 Å². The molecule has 17 heavy (non-hydrogen) atoms. The molecule has 1 unspecified atom stereocenters. The highest BCUT2D eigenvalue weighted by Crippen LogP contribution is 2.39. The molecule has 0 radical (unpaired) electrons. The molecule has 1 N–H and O–H groups in total. The van der Waals surface area contributed by atoms with Crippen LogP contribution >= 0.6 is 0 Å². The lowest BCUT2D eigenvalue weighted by Gasteiger charge is -2.23. The van der Waals surface area contributed by atoms with Crippen LogP contribution in [-0.2, 0) is 11.2 Å². The minimum absolute atomic E-state index is 0.418. The number of carbonyl (C=O) groups is 1. The number of ether oxygens (including phenoxy) is 2. The summed E-state index contributed by atoms with van der Waals surface area (Å²) in [6, 6.07) is 3.69. The Morgan fingerprint density at radius 2 is 1.94 bits per heavy atom. The molecule has 4 nitrogen and oxygen atoms in total. The summed E-state index contributed by atoms with van der Waals surface area (Å²) in [5.74, 6) is 0.0772. The van der Waals surface area contributed by atoms with E-state index in [1.165, 1.54) is 0 Å². The number of fused-ring (bicyclic) bond motifs is 1. The number of aliphatic carboxylic acids is 1. The molecule has 0 bridgehead atoms. The van der Waals surface area contributed by atoms with Crippen LogP contribution in [0.2, 0.25) is 0 Å². The summed E-state index contributed by atoms with van der Waals surface area (Å²) in [5, 5.41) is 9.20. The van der Waals surface area contributed by atoms with Crippen molar-refractivity contribution in [3.05, 3.63) is 23.3 Å². The van der Waals surface area contributed by atoms with Crippen LogP contribution in [-0.4, -0.2) is 25.3 Å². The smallest absolute Gasteiger partial charge is 0.310 e. The Bertz CT molecular complexity index is 439. The number of rotatable bonds is 3. The fourth-order valence-electron chi connectivity index (χ4n) is 2.39. The Morgan fingerprint density at radius 1 is 1.29 bits per heavy atom. The molecule has 0 aliphatic heterocycles. The number of hydrogen-bond acceptors (Lipinski definition) is 3. The number of aryl methyl sites for hydroxylation is 1. The van der Waals surface area contributed by atoms with Crippen LogP contribution in [0.1, 0.15) is 29.9 Å². The van der Waals surface area contributed by atoms with Gasteiger partial charge in [0.05, 0.1) is 20.1 Å². The second-order valence-corrected chi connectivity index (χ2v) is 4.19. The zero-order valence-corrected chi connectivity index (χ0v) is 10.0. The van der Waals surface area contributed by atoms with Crippen LogP contribution in [0.15, 0.2) is 12.1 Å². The molecule has 1 atom stereocenters. The van der Waals surface area contributed by atoms with Gasteiger partial charge >= 0.3 is 5.97 Å². The normalized spacial score (nSPS) is 18.4. The fraction of sp³-hybridized carbons (Fsp3) is 0.462. The van der Waals surface area contributed by atoms with Crippen LogP contribution in [0.4, 0.5) is 0 Å². The van der Waals surface area contributed by atoms with Crippen LogP contribution in [0.5, 0.6) is 11.5 Å². The van der Waals surface area contributed by atoms with Crippen molar-refractivity contribution in [1.29, 1.82) is 0 Å². The van der Waals surface area contributed by atoms with E-state index in [2.05, 4.69) is 0 Å². The molecule has 0 amide bonds. The highest BCUT2D eigenvalue weighted by molar-refractivity contribution is 5.77. The maximum absolute atomic E-state index is 11.2. The monoisotopic (exact) mass is 236 g/mol. The first-order valence-electron chi connectivity index (χ1n) is 5.65. The molecule has 0 aromatic heterocycles. The van der Waals surface area contributed by atoms with Crippen LogP contribution < -0.4 is 9.47 Å². The Hall–Kier alpha value is -1.71. The van der Waals surface area contributed by atoms with Gasteiger partial charge in [0.1, 0.15) is 0 Å². The lowest BCUT2D eigenvalue weighted by Crippen LogP contribution is -2.18. The molecule has 1 aromatic rings. The van der Waals surface area contributed by atoms with Crippen molar-refractivity contribution in [2.24, 2.45) is 0 Å². The highest BCUT2D eigenvalue weighted by Gasteiger charge is 2.27. The quantitative estimate of drug-likeness (QED) is 0.874.